The average molecular weight is 531 g/mol. The van der Waals surface area contributed by atoms with E-state index in [0.717, 1.165) is 17.0 Å². The van der Waals surface area contributed by atoms with Crippen molar-refractivity contribution in [3.8, 4) is 11.3 Å². The van der Waals surface area contributed by atoms with Gasteiger partial charge in [-0.1, -0.05) is 42.5 Å². The molecule has 0 spiro atoms. The van der Waals surface area contributed by atoms with Crippen LogP contribution in [0.25, 0.3) is 22.2 Å². The number of carbonyl (C=O) groups is 4. The van der Waals surface area contributed by atoms with Crippen LogP contribution in [0.4, 0.5) is 10.1 Å². The largest absolute Gasteiger partial charge is 0.454 e. The first kappa shape index (κ1) is 24.8. The highest BCUT2D eigenvalue weighted by molar-refractivity contribution is 6.34. The minimum absolute atomic E-state index is 0.219. The van der Waals surface area contributed by atoms with Crippen molar-refractivity contribution in [3.05, 3.63) is 131 Å². The summed E-state index contributed by atoms with van der Waals surface area (Å²) in [6.07, 6.45) is 0. The van der Waals surface area contributed by atoms with E-state index in [9.17, 15) is 23.6 Å². The molecule has 0 unspecified atom stereocenters. The number of hydrogen-bond acceptors (Lipinski definition) is 6. The second kappa shape index (κ2) is 9.99. The number of nitrogens with zero attached hydrogens (tertiary/aromatic N) is 2. The third-order valence-electron chi connectivity index (χ3n) is 6.65. The number of esters is 1. The molecule has 0 atom stereocenters. The van der Waals surface area contributed by atoms with Gasteiger partial charge in [0.25, 0.3) is 11.8 Å². The summed E-state index contributed by atoms with van der Waals surface area (Å²) in [4.78, 5) is 57.0. The number of Topliss-reactive ketones (excluding diaryl/α,β-unsaturated/α-hetero) is 1. The lowest BCUT2D eigenvalue weighted by Crippen LogP contribution is -2.29. The smallest absolute Gasteiger partial charge is 0.339 e. The molecule has 2 amide bonds. The molecule has 5 aromatic rings. The van der Waals surface area contributed by atoms with Gasteiger partial charge in [-0.2, -0.15) is 0 Å². The van der Waals surface area contributed by atoms with Crippen molar-refractivity contribution in [2.24, 2.45) is 0 Å². The van der Waals surface area contributed by atoms with Crippen molar-refractivity contribution < 1.29 is 28.3 Å². The highest BCUT2D eigenvalue weighted by Gasteiger charge is 2.36. The average Bonchev–Trinajstić information content (AvgIpc) is 3.25. The number of anilines is 1. The van der Waals surface area contributed by atoms with Gasteiger partial charge < -0.3 is 4.74 Å². The van der Waals surface area contributed by atoms with E-state index >= 15 is 0 Å². The molecule has 40 heavy (non-hydrogen) atoms. The fourth-order valence-corrected chi connectivity index (χ4v) is 4.63. The van der Waals surface area contributed by atoms with Crippen LogP contribution in [-0.2, 0) is 4.74 Å². The van der Waals surface area contributed by atoms with E-state index in [0.29, 0.717) is 39.0 Å². The van der Waals surface area contributed by atoms with Crippen LogP contribution in [0.1, 0.15) is 41.4 Å². The number of ketones is 1. The normalized spacial score (nSPS) is 12.5. The molecule has 6 rings (SSSR count). The number of fused-ring (bicyclic) bond motifs is 2. The summed E-state index contributed by atoms with van der Waals surface area (Å²) in [5.74, 6) is -2.43. The van der Waals surface area contributed by atoms with Gasteiger partial charge in [0, 0.05) is 16.5 Å². The Morgan fingerprint density at radius 1 is 0.775 bits per heavy atom. The number of amides is 2. The van der Waals surface area contributed by atoms with Gasteiger partial charge in [-0.3, -0.25) is 14.4 Å². The van der Waals surface area contributed by atoms with Crippen LogP contribution in [0, 0.1) is 5.82 Å². The number of pyridine rings is 1. The van der Waals surface area contributed by atoms with Crippen LogP contribution in [0.15, 0.2) is 103 Å². The first-order valence-corrected chi connectivity index (χ1v) is 12.3. The van der Waals surface area contributed by atoms with Gasteiger partial charge in [-0.25, -0.2) is 19.1 Å². The molecule has 2 heterocycles. The van der Waals surface area contributed by atoms with Crippen LogP contribution in [0.5, 0.6) is 0 Å². The summed E-state index contributed by atoms with van der Waals surface area (Å²) in [6.45, 7) is -0.509. The van der Waals surface area contributed by atoms with Crippen LogP contribution in [0.2, 0.25) is 0 Å². The topological polar surface area (TPSA) is 93.6 Å². The zero-order chi connectivity index (χ0) is 27.8. The molecule has 0 aliphatic carbocycles. The van der Waals surface area contributed by atoms with E-state index < -0.39 is 36.0 Å². The Labute approximate surface area is 227 Å². The van der Waals surface area contributed by atoms with E-state index in [1.54, 1.807) is 78.9 Å². The predicted molar refractivity (Wildman–Crippen MR) is 146 cm³/mol. The molecule has 1 aromatic heterocycles. The molecule has 0 N–H and O–H groups in total. The molecule has 1 aliphatic rings. The Kier molecular flexibility index (Phi) is 6.20. The van der Waals surface area contributed by atoms with Crippen molar-refractivity contribution >= 4 is 40.2 Å². The molecule has 0 radical (unpaired) electrons. The lowest BCUT2D eigenvalue weighted by molar-refractivity contribution is 0.0476. The summed E-state index contributed by atoms with van der Waals surface area (Å²) in [7, 11) is 0. The van der Waals surface area contributed by atoms with Crippen molar-refractivity contribution in [1.29, 1.82) is 0 Å². The maximum absolute atomic E-state index is 13.2. The molecular formula is C32H19FN2O5. The van der Waals surface area contributed by atoms with Crippen LogP contribution in [-0.4, -0.2) is 35.2 Å². The Hall–Kier alpha value is -5.50. The van der Waals surface area contributed by atoms with Gasteiger partial charge in [-0.15, -0.1) is 0 Å². The summed E-state index contributed by atoms with van der Waals surface area (Å²) in [5.41, 5.74) is 3.22. The number of hydrogen-bond donors (Lipinski definition) is 0. The number of benzene rings is 4. The highest BCUT2D eigenvalue weighted by Crippen LogP contribution is 2.31. The Bertz CT molecular complexity index is 1800. The van der Waals surface area contributed by atoms with Crippen molar-refractivity contribution in [3.63, 3.8) is 0 Å². The molecule has 7 nitrogen and oxygen atoms in total. The van der Waals surface area contributed by atoms with Crippen LogP contribution in [0.3, 0.4) is 0 Å². The fraction of sp³-hybridized carbons (Fsp3) is 0.0312. The van der Waals surface area contributed by atoms with Crippen molar-refractivity contribution in [2.45, 2.75) is 0 Å². The Morgan fingerprint density at radius 3 is 2.08 bits per heavy atom. The second-order valence-electron chi connectivity index (χ2n) is 9.12. The summed E-state index contributed by atoms with van der Waals surface area (Å²) in [5, 5.41) is 0.549. The highest BCUT2D eigenvalue weighted by atomic mass is 19.1. The molecule has 0 fully saturated rings. The number of aromatic nitrogens is 1. The standard InChI is InChI=1S/C32H19FN2O5/c33-21-13-9-20(10-14-21)29(36)18-40-32(39)26-17-28(34-27-8-4-3-5-23(26)27)19-11-15-22(16-12-19)35-30(37)24-6-1-2-7-25(24)31(35)38/h1-17H,18H2. The predicted octanol–water partition coefficient (Wildman–Crippen LogP) is 5.88. The van der Waals surface area contributed by atoms with Gasteiger partial charge in [0.1, 0.15) is 5.82 Å². The number of imide groups is 1. The van der Waals surface area contributed by atoms with E-state index in [2.05, 4.69) is 4.98 Å². The third-order valence-corrected chi connectivity index (χ3v) is 6.65. The molecule has 8 heteroatoms. The molecule has 0 saturated heterocycles. The van der Waals surface area contributed by atoms with Gasteiger partial charge in [0.05, 0.1) is 33.6 Å². The van der Waals surface area contributed by atoms with Crippen LogP contribution < -0.4 is 4.90 Å². The lowest BCUT2D eigenvalue weighted by atomic mass is 10.0. The van der Waals surface area contributed by atoms with Crippen molar-refractivity contribution in [1.82, 2.24) is 4.98 Å². The number of carbonyl (C=O) groups excluding carboxylic acids is 4. The fourth-order valence-electron chi connectivity index (χ4n) is 4.63. The third kappa shape index (κ3) is 4.41. The maximum atomic E-state index is 13.2. The minimum atomic E-state index is -0.710. The molecule has 0 bridgehead atoms. The molecular weight excluding hydrogens is 511 g/mol. The number of halogens is 1. The molecule has 0 saturated carbocycles. The van der Waals surface area contributed by atoms with Gasteiger partial charge in [-0.05, 0) is 60.7 Å². The minimum Gasteiger partial charge on any atom is -0.454 e. The van der Waals surface area contributed by atoms with E-state index in [-0.39, 0.29) is 11.1 Å². The Morgan fingerprint density at radius 2 is 1.40 bits per heavy atom. The summed E-state index contributed by atoms with van der Waals surface area (Å²) < 4.78 is 18.5. The molecule has 1 aliphatic heterocycles. The maximum Gasteiger partial charge on any atom is 0.339 e. The summed E-state index contributed by atoms with van der Waals surface area (Å²) in [6, 6.07) is 27.0. The lowest BCUT2D eigenvalue weighted by Gasteiger charge is -2.15. The molecule has 194 valence electrons. The van der Waals surface area contributed by atoms with Gasteiger partial charge in [0.15, 0.2) is 12.4 Å². The number of para-hydroxylation sites is 1. The van der Waals surface area contributed by atoms with Gasteiger partial charge in [0.2, 0.25) is 0 Å². The van der Waals surface area contributed by atoms with E-state index in [1.165, 1.54) is 12.1 Å². The SMILES string of the molecule is O=C(COC(=O)c1cc(-c2ccc(N3C(=O)c4ccccc4C3=O)cc2)nc2ccccc12)c1ccc(F)cc1. The number of rotatable bonds is 6. The zero-order valence-corrected chi connectivity index (χ0v) is 20.8. The summed E-state index contributed by atoms with van der Waals surface area (Å²) >= 11 is 0. The van der Waals surface area contributed by atoms with Gasteiger partial charge >= 0.3 is 5.97 Å². The van der Waals surface area contributed by atoms with E-state index in [1.807, 2.05) is 0 Å². The molecule has 4 aromatic carbocycles. The first-order chi connectivity index (χ1) is 19.4. The zero-order valence-electron chi connectivity index (χ0n) is 20.8. The van der Waals surface area contributed by atoms with Crippen LogP contribution >= 0.6 is 0 Å². The first-order valence-electron chi connectivity index (χ1n) is 12.3. The monoisotopic (exact) mass is 530 g/mol. The van der Waals surface area contributed by atoms with Crippen molar-refractivity contribution in [2.75, 3.05) is 11.5 Å². The second-order valence-corrected chi connectivity index (χ2v) is 9.12. The quantitative estimate of drug-likeness (QED) is 0.155. The van der Waals surface area contributed by atoms with E-state index in [4.69, 9.17) is 4.74 Å². The number of ether oxygens (including phenoxy) is 1. The Balaban J connectivity index is 1.27.